The zero-order valence-electron chi connectivity index (χ0n) is 14.5. The predicted octanol–water partition coefficient (Wildman–Crippen LogP) is 2.53. The third-order valence-corrected chi connectivity index (χ3v) is 4.50. The summed E-state index contributed by atoms with van der Waals surface area (Å²) in [7, 11) is 1.69. The van der Waals surface area contributed by atoms with Gasteiger partial charge in [0.25, 0.3) is 0 Å². The average molecular weight is 354 g/mol. The molecule has 2 amide bonds. The van der Waals surface area contributed by atoms with Crippen LogP contribution in [0.1, 0.15) is 26.2 Å². The van der Waals surface area contributed by atoms with Crippen LogP contribution in [0.15, 0.2) is 30.3 Å². The van der Waals surface area contributed by atoms with E-state index in [9.17, 15) is 9.59 Å². The lowest BCUT2D eigenvalue weighted by atomic mass is 9.85. The molecule has 0 saturated carbocycles. The summed E-state index contributed by atoms with van der Waals surface area (Å²) in [5.74, 6) is 0.763. The molecule has 0 radical (unpaired) electrons. The van der Waals surface area contributed by atoms with Crippen molar-refractivity contribution in [2.75, 3.05) is 32.0 Å². The van der Waals surface area contributed by atoms with Crippen LogP contribution in [0.2, 0.25) is 0 Å². The van der Waals surface area contributed by atoms with Gasteiger partial charge in [0.05, 0.1) is 6.54 Å². The van der Waals surface area contributed by atoms with Crippen LogP contribution in [-0.4, -0.2) is 43.4 Å². The van der Waals surface area contributed by atoms with Gasteiger partial charge >= 0.3 is 0 Å². The molecule has 1 heterocycles. The minimum Gasteiger partial charge on any atom is -0.336 e. The number of para-hydroxylation sites is 1. The summed E-state index contributed by atoms with van der Waals surface area (Å²) in [4.78, 5) is 25.8. The Hall–Kier alpha value is -1.59. The number of amides is 2. The number of benzene rings is 1. The number of hydrogen-bond acceptors (Lipinski definition) is 3. The number of anilines is 1. The van der Waals surface area contributed by atoms with Crippen molar-refractivity contribution in [2.24, 2.45) is 11.8 Å². The second kappa shape index (κ2) is 10.3. The Labute approximate surface area is 150 Å². The molecular weight excluding hydrogens is 326 g/mol. The highest BCUT2D eigenvalue weighted by molar-refractivity contribution is 5.94. The Morgan fingerprint density at radius 2 is 2.04 bits per heavy atom. The minimum atomic E-state index is -0.168. The molecule has 5 nitrogen and oxygen atoms in total. The van der Waals surface area contributed by atoms with Gasteiger partial charge in [-0.05, 0) is 49.9 Å². The van der Waals surface area contributed by atoms with E-state index in [-0.39, 0.29) is 30.8 Å². The summed E-state index contributed by atoms with van der Waals surface area (Å²) in [6, 6.07) is 9.29. The number of likely N-dealkylation sites (N-methyl/N-ethyl adjacent to an activating group) is 1. The number of hydrogen-bond donors (Lipinski definition) is 2. The molecule has 1 aromatic rings. The van der Waals surface area contributed by atoms with Gasteiger partial charge in [0.15, 0.2) is 0 Å². The maximum absolute atomic E-state index is 12.3. The van der Waals surface area contributed by atoms with Crippen molar-refractivity contribution in [3.8, 4) is 0 Å². The van der Waals surface area contributed by atoms with Crippen LogP contribution < -0.4 is 10.6 Å². The first kappa shape index (κ1) is 20.5. The maximum atomic E-state index is 12.3. The third-order valence-electron chi connectivity index (χ3n) is 4.50. The Balaban J connectivity index is 0.00000288. The second-order valence-corrected chi connectivity index (χ2v) is 6.45. The molecule has 0 spiro atoms. The lowest BCUT2D eigenvalue weighted by Gasteiger charge is -2.29. The maximum Gasteiger partial charge on any atom is 0.243 e. The van der Waals surface area contributed by atoms with E-state index in [0.29, 0.717) is 18.3 Å². The van der Waals surface area contributed by atoms with Gasteiger partial charge in [-0.3, -0.25) is 9.59 Å². The van der Waals surface area contributed by atoms with E-state index in [0.717, 1.165) is 18.8 Å². The van der Waals surface area contributed by atoms with Gasteiger partial charge in [-0.15, -0.1) is 12.4 Å². The van der Waals surface area contributed by atoms with Crippen molar-refractivity contribution < 1.29 is 9.59 Å². The standard InChI is InChI=1S/C18H27N3O2.ClH/c1-14(15-7-6-10-19-12-15)11-18(23)21(2)13-17(22)20-16-8-4-3-5-9-16;/h3-5,8-9,14-15,19H,6-7,10-13H2,1-2H3,(H,20,22);1H. The molecule has 134 valence electrons. The van der Waals surface area contributed by atoms with E-state index >= 15 is 0 Å². The molecule has 1 aliphatic heterocycles. The summed E-state index contributed by atoms with van der Waals surface area (Å²) in [6.45, 7) is 4.29. The molecule has 2 rings (SSSR count). The molecule has 2 N–H and O–H groups in total. The minimum absolute atomic E-state index is 0. The van der Waals surface area contributed by atoms with Crippen molar-refractivity contribution in [3.05, 3.63) is 30.3 Å². The predicted molar refractivity (Wildman–Crippen MR) is 99.3 cm³/mol. The molecule has 1 aliphatic rings. The van der Waals surface area contributed by atoms with Gasteiger partial charge in [-0.2, -0.15) is 0 Å². The molecule has 0 aliphatic carbocycles. The molecule has 1 fully saturated rings. The summed E-state index contributed by atoms with van der Waals surface area (Å²) in [5, 5.41) is 6.19. The first-order valence-electron chi connectivity index (χ1n) is 8.36. The van der Waals surface area contributed by atoms with Crippen LogP contribution in [0, 0.1) is 11.8 Å². The van der Waals surface area contributed by atoms with Crippen molar-refractivity contribution in [2.45, 2.75) is 26.2 Å². The van der Waals surface area contributed by atoms with Gasteiger partial charge in [-0.25, -0.2) is 0 Å². The largest absolute Gasteiger partial charge is 0.336 e. The lowest BCUT2D eigenvalue weighted by molar-refractivity contribution is -0.134. The fraction of sp³-hybridized carbons (Fsp3) is 0.556. The number of carbonyl (C=O) groups excluding carboxylic acids is 2. The van der Waals surface area contributed by atoms with E-state index in [1.54, 1.807) is 7.05 Å². The molecule has 24 heavy (non-hydrogen) atoms. The summed E-state index contributed by atoms with van der Waals surface area (Å²) in [5.41, 5.74) is 0.750. The molecule has 1 saturated heterocycles. The van der Waals surface area contributed by atoms with E-state index in [1.807, 2.05) is 30.3 Å². The van der Waals surface area contributed by atoms with Crippen LogP contribution in [0.4, 0.5) is 5.69 Å². The van der Waals surface area contributed by atoms with Gasteiger partial charge in [0.1, 0.15) is 0 Å². The van der Waals surface area contributed by atoms with E-state index in [4.69, 9.17) is 0 Å². The fourth-order valence-electron chi connectivity index (χ4n) is 2.99. The summed E-state index contributed by atoms with van der Waals surface area (Å²) in [6.07, 6.45) is 2.86. The monoisotopic (exact) mass is 353 g/mol. The normalized spacial score (nSPS) is 18.2. The number of rotatable bonds is 6. The molecule has 6 heteroatoms. The third kappa shape index (κ3) is 6.49. The smallest absolute Gasteiger partial charge is 0.243 e. The summed E-state index contributed by atoms with van der Waals surface area (Å²) >= 11 is 0. The van der Waals surface area contributed by atoms with Crippen LogP contribution in [0.3, 0.4) is 0 Å². The molecular formula is C18H28ClN3O2. The molecule has 2 unspecified atom stereocenters. The quantitative estimate of drug-likeness (QED) is 0.826. The van der Waals surface area contributed by atoms with Gasteiger partial charge in [0.2, 0.25) is 11.8 Å². The fourth-order valence-corrected chi connectivity index (χ4v) is 2.99. The molecule has 0 bridgehead atoms. The van der Waals surface area contributed by atoms with E-state index in [1.165, 1.54) is 17.7 Å². The highest BCUT2D eigenvalue weighted by Gasteiger charge is 2.23. The number of carbonyl (C=O) groups is 2. The zero-order chi connectivity index (χ0) is 16.7. The zero-order valence-corrected chi connectivity index (χ0v) is 15.3. The van der Waals surface area contributed by atoms with Gasteiger partial charge in [0, 0.05) is 19.2 Å². The van der Waals surface area contributed by atoms with Crippen LogP contribution >= 0.6 is 12.4 Å². The highest BCUT2D eigenvalue weighted by Crippen LogP contribution is 2.23. The topological polar surface area (TPSA) is 61.4 Å². The lowest BCUT2D eigenvalue weighted by Crippen LogP contribution is -2.38. The SMILES string of the molecule is CC(CC(=O)N(C)CC(=O)Nc1ccccc1)C1CCCNC1.Cl. The van der Waals surface area contributed by atoms with Crippen molar-refractivity contribution in [3.63, 3.8) is 0 Å². The van der Waals surface area contributed by atoms with Gasteiger partial charge in [-0.1, -0.05) is 25.1 Å². The number of nitrogens with zero attached hydrogens (tertiary/aromatic N) is 1. The number of piperidine rings is 1. The number of nitrogens with one attached hydrogen (secondary N) is 2. The van der Waals surface area contributed by atoms with Gasteiger partial charge < -0.3 is 15.5 Å². The highest BCUT2D eigenvalue weighted by atomic mass is 35.5. The van der Waals surface area contributed by atoms with Crippen LogP contribution in [0.25, 0.3) is 0 Å². The molecule has 1 aromatic carbocycles. The van der Waals surface area contributed by atoms with Crippen molar-refractivity contribution in [1.29, 1.82) is 0 Å². The van der Waals surface area contributed by atoms with Crippen LogP contribution in [0.5, 0.6) is 0 Å². The first-order valence-corrected chi connectivity index (χ1v) is 8.36. The molecule has 0 aromatic heterocycles. The summed E-state index contributed by atoms with van der Waals surface area (Å²) < 4.78 is 0. The van der Waals surface area contributed by atoms with E-state index < -0.39 is 0 Å². The Morgan fingerprint density at radius 3 is 2.67 bits per heavy atom. The Bertz CT molecular complexity index is 518. The first-order chi connectivity index (χ1) is 11.1. The van der Waals surface area contributed by atoms with Crippen molar-refractivity contribution in [1.82, 2.24) is 10.2 Å². The van der Waals surface area contributed by atoms with E-state index in [2.05, 4.69) is 17.6 Å². The molecule has 2 atom stereocenters. The van der Waals surface area contributed by atoms with Crippen LogP contribution in [-0.2, 0) is 9.59 Å². The van der Waals surface area contributed by atoms with Crippen molar-refractivity contribution >= 4 is 29.9 Å². The Morgan fingerprint density at radius 1 is 1.33 bits per heavy atom. The Kier molecular flexibility index (Phi) is 8.79. The second-order valence-electron chi connectivity index (χ2n) is 6.45. The number of halogens is 1. The average Bonchev–Trinajstić information content (AvgIpc) is 2.56.